The topological polar surface area (TPSA) is 75.9 Å². The van der Waals surface area contributed by atoms with Crippen LogP contribution >= 0.6 is 0 Å². The number of rotatable bonds is 3. The second-order valence-electron chi connectivity index (χ2n) is 5.53. The Bertz CT molecular complexity index is 504. The van der Waals surface area contributed by atoms with E-state index in [0.29, 0.717) is 11.8 Å². The van der Waals surface area contributed by atoms with Crippen LogP contribution in [-0.2, 0) is 6.18 Å². The average Bonchev–Trinajstić information content (AvgIpc) is 2.99. The summed E-state index contributed by atoms with van der Waals surface area (Å²) < 4.78 is 38.3. The SMILES string of the molecule is NNc1nc(NC2CC3CCC2C3)cc(C(F)(F)F)n1. The van der Waals surface area contributed by atoms with Crippen molar-refractivity contribution < 1.29 is 13.2 Å². The van der Waals surface area contributed by atoms with Gasteiger partial charge in [-0.25, -0.2) is 10.8 Å². The number of alkyl halides is 3. The normalized spacial score (nSPS) is 28.7. The van der Waals surface area contributed by atoms with Crippen molar-refractivity contribution >= 4 is 11.8 Å². The molecule has 8 heteroatoms. The summed E-state index contributed by atoms with van der Waals surface area (Å²) in [6, 6.07) is 1.14. The van der Waals surface area contributed by atoms with Crippen molar-refractivity contribution in [3.63, 3.8) is 0 Å². The van der Waals surface area contributed by atoms with Gasteiger partial charge in [0.05, 0.1) is 0 Å². The van der Waals surface area contributed by atoms with Crippen molar-refractivity contribution in [3.8, 4) is 0 Å². The molecule has 110 valence electrons. The molecule has 4 N–H and O–H groups in total. The van der Waals surface area contributed by atoms with Crippen LogP contribution in [0.1, 0.15) is 31.4 Å². The summed E-state index contributed by atoms with van der Waals surface area (Å²) in [5, 5.41) is 3.11. The van der Waals surface area contributed by atoms with E-state index in [1.54, 1.807) is 0 Å². The molecule has 3 unspecified atom stereocenters. The van der Waals surface area contributed by atoms with E-state index in [1.165, 1.54) is 6.42 Å². The number of anilines is 2. The van der Waals surface area contributed by atoms with Crippen LogP contribution in [-0.4, -0.2) is 16.0 Å². The van der Waals surface area contributed by atoms with Crippen molar-refractivity contribution in [2.45, 2.75) is 37.9 Å². The third kappa shape index (κ3) is 2.52. The maximum Gasteiger partial charge on any atom is 0.433 e. The highest BCUT2D eigenvalue weighted by Crippen LogP contribution is 2.45. The van der Waals surface area contributed by atoms with Crippen LogP contribution < -0.4 is 16.6 Å². The lowest BCUT2D eigenvalue weighted by Gasteiger charge is -2.23. The second-order valence-corrected chi connectivity index (χ2v) is 5.53. The Kier molecular flexibility index (Phi) is 3.19. The van der Waals surface area contributed by atoms with Gasteiger partial charge in [-0.1, -0.05) is 6.42 Å². The van der Waals surface area contributed by atoms with Crippen LogP contribution in [0, 0.1) is 11.8 Å². The van der Waals surface area contributed by atoms with E-state index in [9.17, 15) is 13.2 Å². The number of hydrogen-bond acceptors (Lipinski definition) is 5. The molecule has 2 aliphatic carbocycles. The fourth-order valence-electron chi connectivity index (χ4n) is 3.34. The average molecular weight is 287 g/mol. The minimum Gasteiger partial charge on any atom is -0.367 e. The van der Waals surface area contributed by atoms with Gasteiger partial charge in [-0.2, -0.15) is 18.2 Å². The molecule has 2 saturated carbocycles. The molecule has 3 atom stereocenters. The molecule has 0 amide bonds. The van der Waals surface area contributed by atoms with Gasteiger partial charge in [0.15, 0.2) is 5.69 Å². The van der Waals surface area contributed by atoms with Crippen molar-refractivity contribution in [2.24, 2.45) is 17.7 Å². The Labute approximate surface area is 114 Å². The lowest BCUT2D eigenvalue weighted by molar-refractivity contribution is -0.141. The zero-order valence-electron chi connectivity index (χ0n) is 10.7. The third-order valence-corrected chi connectivity index (χ3v) is 4.22. The monoisotopic (exact) mass is 287 g/mol. The van der Waals surface area contributed by atoms with Crippen LogP contribution in [0.4, 0.5) is 24.9 Å². The first-order valence-corrected chi connectivity index (χ1v) is 6.65. The maximum absolute atomic E-state index is 12.8. The standard InChI is InChI=1S/C12H16F3N5/c13-12(14,15)9-5-10(19-11(18-9)20-16)17-8-4-6-1-2-7(8)3-6/h5-8H,1-4,16H2,(H2,17,18,19,20). The van der Waals surface area contributed by atoms with E-state index in [2.05, 4.69) is 20.7 Å². The molecular formula is C12H16F3N5. The summed E-state index contributed by atoms with van der Waals surface area (Å²) >= 11 is 0. The molecule has 5 nitrogen and oxygen atoms in total. The summed E-state index contributed by atoms with van der Waals surface area (Å²) in [6.07, 6.45) is 0.0233. The molecule has 0 radical (unpaired) electrons. The summed E-state index contributed by atoms with van der Waals surface area (Å²) in [4.78, 5) is 7.29. The van der Waals surface area contributed by atoms with Crippen molar-refractivity contribution in [1.29, 1.82) is 0 Å². The van der Waals surface area contributed by atoms with E-state index in [0.717, 1.165) is 25.3 Å². The number of fused-ring (bicyclic) bond motifs is 2. The minimum atomic E-state index is -4.51. The Hall–Kier alpha value is -1.57. The molecule has 1 aromatic heterocycles. The first-order chi connectivity index (χ1) is 9.45. The number of nitrogens with two attached hydrogens (primary N) is 1. The van der Waals surface area contributed by atoms with Crippen molar-refractivity contribution in [1.82, 2.24) is 9.97 Å². The summed E-state index contributed by atoms with van der Waals surface area (Å²) in [5.74, 6) is 6.32. The lowest BCUT2D eigenvalue weighted by Crippen LogP contribution is -2.27. The molecular weight excluding hydrogens is 271 g/mol. The number of hydrazine groups is 1. The van der Waals surface area contributed by atoms with E-state index < -0.39 is 11.9 Å². The van der Waals surface area contributed by atoms with Crippen molar-refractivity contribution in [3.05, 3.63) is 11.8 Å². The molecule has 0 aromatic carbocycles. The summed E-state index contributed by atoms with van der Waals surface area (Å²) in [5.41, 5.74) is 1.08. The van der Waals surface area contributed by atoms with Crippen LogP contribution in [0.5, 0.6) is 0 Å². The zero-order valence-corrected chi connectivity index (χ0v) is 10.7. The van der Waals surface area contributed by atoms with E-state index in [-0.39, 0.29) is 17.8 Å². The van der Waals surface area contributed by atoms with Gasteiger partial charge in [-0.15, -0.1) is 0 Å². The van der Waals surface area contributed by atoms with Gasteiger partial charge in [0, 0.05) is 12.1 Å². The molecule has 20 heavy (non-hydrogen) atoms. The number of halogens is 3. The molecule has 3 rings (SSSR count). The lowest BCUT2D eigenvalue weighted by atomic mass is 9.95. The molecule has 0 aliphatic heterocycles. The predicted octanol–water partition coefficient (Wildman–Crippen LogP) is 2.38. The van der Waals surface area contributed by atoms with Gasteiger partial charge in [-0.3, -0.25) is 5.43 Å². The Morgan fingerprint density at radius 1 is 1.20 bits per heavy atom. The Morgan fingerprint density at radius 3 is 2.55 bits per heavy atom. The van der Waals surface area contributed by atoms with Gasteiger partial charge >= 0.3 is 6.18 Å². The highest BCUT2D eigenvalue weighted by Gasteiger charge is 2.40. The van der Waals surface area contributed by atoms with Gasteiger partial charge < -0.3 is 5.32 Å². The molecule has 2 fully saturated rings. The fraction of sp³-hybridized carbons (Fsp3) is 0.667. The minimum absolute atomic E-state index is 0.179. The Balaban J connectivity index is 1.82. The zero-order chi connectivity index (χ0) is 14.3. The molecule has 0 spiro atoms. The quantitative estimate of drug-likeness (QED) is 0.588. The summed E-state index contributed by atoms with van der Waals surface area (Å²) in [6.45, 7) is 0. The highest BCUT2D eigenvalue weighted by molar-refractivity contribution is 5.44. The van der Waals surface area contributed by atoms with Crippen molar-refractivity contribution in [2.75, 3.05) is 10.7 Å². The largest absolute Gasteiger partial charge is 0.433 e. The van der Waals surface area contributed by atoms with E-state index in [1.807, 2.05) is 0 Å². The Morgan fingerprint density at radius 2 is 2.00 bits per heavy atom. The first-order valence-electron chi connectivity index (χ1n) is 6.65. The smallest absolute Gasteiger partial charge is 0.367 e. The van der Waals surface area contributed by atoms with Gasteiger partial charge in [0.2, 0.25) is 5.95 Å². The molecule has 1 aromatic rings. The van der Waals surface area contributed by atoms with Crippen LogP contribution in [0.3, 0.4) is 0 Å². The van der Waals surface area contributed by atoms with Gasteiger partial charge in [0.25, 0.3) is 0 Å². The number of nitrogens with zero attached hydrogens (tertiary/aromatic N) is 2. The number of aromatic nitrogens is 2. The van der Waals surface area contributed by atoms with E-state index >= 15 is 0 Å². The van der Waals surface area contributed by atoms with Crippen LogP contribution in [0.15, 0.2) is 6.07 Å². The van der Waals surface area contributed by atoms with Crippen LogP contribution in [0.2, 0.25) is 0 Å². The van der Waals surface area contributed by atoms with Crippen LogP contribution in [0.25, 0.3) is 0 Å². The fourth-order valence-corrected chi connectivity index (χ4v) is 3.34. The molecule has 1 heterocycles. The number of hydrogen-bond donors (Lipinski definition) is 3. The molecule has 0 saturated heterocycles. The van der Waals surface area contributed by atoms with E-state index in [4.69, 9.17) is 5.84 Å². The number of nitrogen functional groups attached to an aromatic ring is 1. The predicted molar refractivity (Wildman–Crippen MR) is 67.7 cm³/mol. The molecule has 2 bridgehead atoms. The first kappa shape index (κ1) is 13.4. The molecule has 2 aliphatic rings. The highest BCUT2D eigenvalue weighted by atomic mass is 19.4. The second kappa shape index (κ2) is 4.76. The third-order valence-electron chi connectivity index (χ3n) is 4.22. The summed E-state index contributed by atoms with van der Waals surface area (Å²) in [7, 11) is 0. The number of nitrogens with one attached hydrogen (secondary N) is 2. The maximum atomic E-state index is 12.8. The van der Waals surface area contributed by atoms with Gasteiger partial charge in [-0.05, 0) is 31.1 Å². The van der Waals surface area contributed by atoms with Gasteiger partial charge in [0.1, 0.15) is 5.82 Å².